The Kier molecular flexibility index (Phi) is 1.48. The average molecular weight is 147 g/mol. The molecule has 11 heavy (non-hydrogen) atoms. The highest BCUT2D eigenvalue weighted by Gasteiger charge is 1.99. The predicted molar refractivity (Wildman–Crippen MR) is 43.6 cm³/mol. The highest BCUT2D eigenvalue weighted by molar-refractivity contribution is 5.17. The van der Waals surface area contributed by atoms with Crippen molar-refractivity contribution in [1.29, 1.82) is 0 Å². The molecule has 0 aromatic carbocycles. The van der Waals surface area contributed by atoms with E-state index >= 15 is 0 Å². The van der Waals surface area contributed by atoms with E-state index in [-0.39, 0.29) is 0 Å². The first kappa shape index (κ1) is 6.22. The van der Waals surface area contributed by atoms with E-state index in [1.807, 2.05) is 35.6 Å². The van der Waals surface area contributed by atoms with E-state index < -0.39 is 0 Å². The highest BCUT2D eigenvalue weighted by Crippen LogP contribution is 1.96. The molecular weight excluding hydrogens is 138 g/mol. The van der Waals surface area contributed by atoms with E-state index in [0.717, 1.165) is 6.54 Å². The Balaban J connectivity index is 2.19. The van der Waals surface area contributed by atoms with Gasteiger partial charge in [-0.05, 0) is 12.1 Å². The van der Waals surface area contributed by atoms with Crippen LogP contribution >= 0.6 is 0 Å². The lowest BCUT2D eigenvalue weighted by molar-refractivity contribution is 0.635. The van der Waals surface area contributed by atoms with E-state index in [4.69, 9.17) is 0 Å². The molecule has 3 nitrogen and oxygen atoms in total. The minimum absolute atomic E-state index is 0.887. The lowest BCUT2D eigenvalue weighted by Crippen LogP contribution is -2.30. The molecule has 0 spiro atoms. The van der Waals surface area contributed by atoms with Crippen LogP contribution in [0.2, 0.25) is 0 Å². The summed E-state index contributed by atoms with van der Waals surface area (Å²) in [5.41, 5.74) is 0. The molecule has 0 fully saturated rings. The maximum Gasteiger partial charge on any atom is 0.0592 e. The van der Waals surface area contributed by atoms with Crippen LogP contribution in [-0.4, -0.2) is 16.4 Å². The fourth-order valence-corrected chi connectivity index (χ4v) is 1.02. The molecule has 2 heterocycles. The first-order valence-corrected chi connectivity index (χ1v) is 3.57. The van der Waals surface area contributed by atoms with Gasteiger partial charge in [0.2, 0.25) is 0 Å². The molecule has 0 N–H and O–H groups in total. The number of hydrogen-bond acceptors (Lipinski definition) is 2. The molecule has 0 saturated heterocycles. The van der Waals surface area contributed by atoms with Crippen molar-refractivity contribution >= 4 is 0 Å². The average Bonchev–Trinajstić information content (AvgIpc) is 2.58. The number of nitrogens with zero attached hydrogens (tertiary/aromatic N) is 3. The van der Waals surface area contributed by atoms with Crippen molar-refractivity contribution in [2.45, 2.75) is 0 Å². The molecular formula is C8H9N3. The number of hydrogen-bond donors (Lipinski definition) is 0. The van der Waals surface area contributed by atoms with E-state index in [1.165, 1.54) is 0 Å². The summed E-state index contributed by atoms with van der Waals surface area (Å²) < 4.78 is 0. The van der Waals surface area contributed by atoms with Crippen molar-refractivity contribution in [2.24, 2.45) is 0 Å². The molecule has 0 aliphatic carbocycles. The molecule has 0 saturated carbocycles. The summed E-state index contributed by atoms with van der Waals surface area (Å²) in [6.45, 7) is 0.887. The van der Waals surface area contributed by atoms with Crippen LogP contribution < -0.4 is 5.01 Å². The predicted octanol–water partition coefficient (Wildman–Crippen LogP) is 0.905. The molecule has 1 aliphatic heterocycles. The maximum atomic E-state index is 4.10. The molecule has 1 aliphatic rings. The van der Waals surface area contributed by atoms with Gasteiger partial charge >= 0.3 is 0 Å². The van der Waals surface area contributed by atoms with Crippen LogP contribution in [0.15, 0.2) is 42.9 Å². The van der Waals surface area contributed by atoms with Crippen LogP contribution in [0, 0.1) is 0 Å². The van der Waals surface area contributed by atoms with Gasteiger partial charge in [-0.15, -0.1) is 0 Å². The fourth-order valence-electron chi connectivity index (χ4n) is 1.02. The molecule has 56 valence electrons. The maximum absolute atomic E-state index is 4.10. The molecule has 3 heteroatoms. The van der Waals surface area contributed by atoms with Gasteiger partial charge in [0.1, 0.15) is 0 Å². The second-order valence-electron chi connectivity index (χ2n) is 2.32. The molecule has 0 radical (unpaired) electrons. The molecule has 1 aromatic rings. The summed E-state index contributed by atoms with van der Waals surface area (Å²) >= 11 is 0. The number of rotatable bonds is 1. The number of aromatic nitrogens is 2. The standard InChI is InChI=1S/C8H9N3/c1-2-6-10(7-3-1)11-8-4-5-9-11/h1-6,8H,7H2. The van der Waals surface area contributed by atoms with E-state index in [0.29, 0.717) is 0 Å². The van der Waals surface area contributed by atoms with Crippen LogP contribution in [0.3, 0.4) is 0 Å². The minimum atomic E-state index is 0.887. The summed E-state index contributed by atoms with van der Waals surface area (Å²) in [6, 6.07) is 1.91. The van der Waals surface area contributed by atoms with Crippen LogP contribution in [0.1, 0.15) is 0 Å². The van der Waals surface area contributed by atoms with E-state index in [1.54, 1.807) is 11.0 Å². The smallest absolute Gasteiger partial charge is 0.0592 e. The number of allylic oxidation sites excluding steroid dienone is 2. The Labute approximate surface area is 65.2 Å². The van der Waals surface area contributed by atoms with Crippen LogP contribution in [-0.2, 0) is 0 Å². The topological polar surface area (TPSA) is 21.1 Å². The van der Waals surface area contributed by atoms with Gasteiger partial charge in [-0.3, -0.25) is 5.01 Å². The molecule has 0 bridgehead atoms. The Hall–Kier alpha value is -1.51. The van der Waals surface area contributed by atoms with E-state index in [2.05, 4.69) is 11.2 Å². The van der Waals surface area contributed by atoms with E-state index in [9.17, 15) is 0 Å². The van der Waals surface area contributed by atoms with Crippen molar-refractivity contribution < 1.29 is 0 Å². The summed E-state index contributed by atoms with van der Waals surface area (Å²) in [4.78, 5) is 1.81. The Bertz CT molecular complexity index is 272. The van der Waals surface area contributed by atoms with Crippen LogP contribution in [0.4, 0.5) is 0 Å². The van der Waals surface area contributed by atoms with Gasteiger partial charge in [0.25, 0.3) is 0 Å². The second-order valence-corrected chi connectivity index (χ2v) is 2.32. The molecule has 0 unspecified atom stereocenters. The summed E-state index contributed by atoms with van der Waals surface area (Å²) in [5.74, 6) is 0. The van der Waals surface area contributed by atoms with Crippen molar-refractivity contribution in [3.8, 4) is 0 Å². The zero-order chi connectivity index (χ0) is 7.52. The first-order valence-electron chi connectivity index (χ1n) is 3.57. The van der Waals surface area contributed by atoms with Gasteiger partial charge < -0.3 is 0 Å². The summed E-state index contributed by atoms with van der Waals surface area (Å²) in [7, 11) is 0. The van der Waals surface area contributed by atoms with Gasteiger partial charge in [-0.25, -0.2) is 0 Å². The van der Waals surface area contributed by atoms with Crippen LogP contribution in [0.5, 0.6) is 0 Å². The van der Waals surface area contributed by atoms with Gasteiger partial charge in [-0.2, -0.15) is 9.89 Å². The zero-order valence-electron chi connectivity index (χ0n) is 6.09. The monoisotopic (exact) mass is 147 g/mol. The van der Waals surface area contributed by atoms with Crippen molar-refractivity contribution in [2.75, 3.05) is 11.6 Å². The van der Waals surface area contributed by atoms with Crippen molar-refractivity contribution in [1.82, 2.24) is 9.89 Å². The third kappa shape index (κ3) is 1.17. The van der Waals surface area contributed by atoms with Gasteiger partial charge in [0.05, 0.1) is 12.7 Å². The Morgan fingerprint density at radius 2 is 2.27 bits per heavy atom. The van der Waals surface area contributed by atoms with Gasteiger partial charge in [-0.1, -0.05) is 12.2 Å². The molecule has 0 amide bonds. The summed E-state index contributed by atoms with van der Waals surface area (Å²) in [5, 5.41) is 6.11. The Morgan fingerprint density at radius 1 is 1.27 bits per heavy atom. The highest BCUT2D eigenvalue weighted by atomic mass is 15.6. The SMILES string of the molecule is C1=CCN(n2cccn2)C=C1. The van der Waals surface area contributed by atoms with Crippen molar-refractivity contribution in [3.05, 3.63) is 42.9 Å². The summed E-state index contributed by atoms with van der Waals surface area (Å²) in [6.07, 6.45) is 11.8. The lowest BCUT2D eigenvalue weighted by Gasteiger charge is -2.19. The zero-order valence-corrected chi connectivity index (χ0v) is 6.09. The largest absolute Gasteiger partial charge is 0.269 e. The van der Waals surface area contributed by atoms with Gasteiger partial charge in [0.15, 0.2) is 0 Å². The quantitative estimate of drug-likeness (QED) is 0.588. The molecule has 1 aromatic heterocycles. The second kappa shape index (κ2) is 2.62. The Morgan fingerprint density at radius 3 is 2.91 bits per heavy atom. The fraction of sp³-hybridized carbons (Fsp3) is 0.125. The van der Waals surface area contributed by atoms with Crippen molar-refractivity contribution in [3.63, 3.8) is 0 Å². The molecule has 2 rings (SSSR count). The third-order valence-electron chi connectivity index (χ3n) is 1.55. The first-order chi connectivity index (χ1) is 5.47. The van der Waals surface area contributed by atoms with Gasteiger partial charge in [0, 0.05) is 12.4 Å². The lowest BCUT2D eigenvalue weighted by atomic mass is 10.4. The normalized spacial score (nSPS) is 15.8. The third-order valence-corrected chi connectivity index (χ3v) is 1.55. The minimum Gasteiger partial charge on any atom is -0.269 e. The van der Waals surface area contributed by atoms with Crippen LogP contribution in [0.25, 0.3) is 0 Å². The molecule has 0 atom stereocenters.